The Morgan fingerprint density at radius 2 is 2.14 bits per heavy atom. The number of aromatic nitrogens is 3. The Labute approximate surface area is 124 Å². The van der Waals surface area contributed by atoms with Gasteiger partial charge in [0.15, 0.2) is 5.16 Å². The minimum atomic E-state index is -4.35. The average Bonchev–Trinajstić information content (AvgIpc) is 2.83. The normalized spacial score (nSPS) is 12.0. The van der Waals surface area contributed by atoms with Gasteiger partial charge in [0, 0.05) is 7.05 Å². The van der Waals surface area contributed by atoms with Gasteiger partial charge in [-0.05, 0) is 34.8 Å². The molecule has 0 fully saturated rings. The van der Waals surface area contributed by atoms with Crippen LogP contribution >= 0.6 is 11.8 Å². The van der Waals surface area contributed by atoms with Crippen molar-refractivity contribution in [1.29, 1.82) is 0 Å². The first kappa shape index (κ1) is 15.4. The molecule has 1 aromatic carbocycles. The first-order valence-electron chi connectivity index (χ1n) is 5.91. The molecule has 0 amide bonds. The minimum Gasteiger partial charge on any atom is -0.312 e. The zero-order valence-corrected chi connectivity index (χ0v) is 11.9. The van der Waals surface area contributed by atoms with Crippen LogP contribution in [0.2, 0.25) is 0 Å². The summed E-state index contributed by atoms with van der Waals surface area (Å²) in [6.07, 6.45) is -1.14. The molecule has 0 aliphatic carbocycles. The van der Waals surface area contributed by atoms with Crippen LogP contribution in [0.15, 0.2) is 53.8 Å². The standard InChI is InChI=1S/C14H12F3N3S/c1-10(6-7-21-13-19-18-9-20(13)2)11-4-3-5-12(8-11)14(15,16)17/h3-9H,1H2,2H3/b7-6+. The lowest BCUT2D eigenvalue weighted by atomic mass is 10.0. The minimum absolute atomic E-state index is 0.430. The Hall–Kier alpha value is -2.02. The van der Waals surface area contributed by atoms with E-state index in [1.807, 2.05) is 0 Å². The Morgan fingerprint density at radius 3 is 2.76 bits per heavy atom. The lowest BCUT2D eigenvalue weighted by molar-refractivity contribution is -0.137. The van der Waals surface area contributed by atoms with Crippen LogP contribution in [0, 0.1) is 0 Å². The summed E-state index contributed by atoms with van der Waals surface area (Å²) < 4.78 is 39.7. The first-order valence-corrected chi connectivity index (χ1v) is 6.79. The van der Waals surface area contributed by atoms with Gasteiger partial charge in [0.25, 0.3) is 0 Å². The summed E-state index contributed by atoms with van der Waals surface area (Å²) in [4.78, 5) is 0. The number of aryl methyl sites for hydroxylation is 1. The van der Waals surface area contributed by atoms with Crippen LogP contribution in [-0.4, -0.2) is 14.8 Å². The van der Waals surface area contributed by atoms with Gasteiger partial charge in [-0.1, -0.05) is 30.5 Å². The van der Waals surface area contributed by atoms with Crippen LogP contribution in [0.5, 0.6) is 0 Å². The third kappa shape index (κ3) is 3.98. The van der Waals surface area contributed by atoms with Gasteiger partial charge in [-0.15, -0.1) is 10.2 Å². The SMILES string of the molecule is C=C(/C=C/Sc1nncn1C)c1cccc(C(F)(F)F)c1. The molecule has 3 nitrogen and oxygen atoms in total. The van der Waals surface area contributed by atoms with Crippen molar-refractivity contribution in [2.24, 2.45) is 7.05 Å². The van der Waals surface area contributed by atoms with Crippen molar-refractivity contribution in [1.82, 2.24) is 14.8 Å². The molecule has 7 heteroatoms. The first-order chi connectivity index (χ1) is 9.88. The molecule has 0 radical (unpaired) electrons. The molecule has 0 saturated carbocycles. The van der Waals surface area contributed by atoms with E-state index in [1.165, 1.54) is 17.8 Å². The number of benzene rings is 1. The molecule has 2 aromatic rings. The van der Waals surface area contributed by atoms with Crippen LogP contribution < -0.4 is 0 Å². The highest BCUT2D eigenvalue weighted by molar-refractivity contribution is 8.02. The highest BCUT2D eigenvalue weighted by atomic mass is 32.2. The van der Waals surface area contributed by atoms with E-state index in [0.29, 0.717) is 16.3 Å². The predicted molar refractivity (Wildman–Crippen MR) is 76.5 cm³/mol. The van der Waals surface area contributed by atoms with Gasteiger partial charge >= 0.3 is 6.18 Å². The number of nitrogens with zero attached hydrogens (tertiary/aromatic N) is 3. The summed E-state index contributed by atoms with van der Waals surface area (Å²) in [5, 5.41) is 10.0. The number of halogens is 3. The number of hydrogen-bond donors (Lipinski definition) is 0. The van der Waals surface area contributed by atoms with Crippen molar-refractivity contribution < 1.29 is 13.2 Å². The number of thioether (sulfide) groups is 1. The van der Waals surface area contributed by atoms with Crippen LogP contribution in [0.1, 0.15) is 11.1 Å². The predicted octanol–water partition coefficient (Wildman–Crippen LogP) is 4.15. The number of rotatable bonds is 4. The molecule has 0 aliphatic rings. The molecule has 0 atom stereocenters. The lowest BCUT2D eigenvalue weighted by Gasteiger charge is -2.08. The van der Waals surface area contributed by atoms with E-state index in [9.17, 15) is 13.2 Å². The zero-order valence-electron chi connectivity index (χ0n) is 11.1. The largest absolute Gasteiger partial charge is 0.416 e. The third-order valence-corrected chi connectivity index (χ3v) is 3.53. The average molecular weight is 311 g/mol. The van der Waals surface area contributed by atoms with Gasteiger partial charge in [0.2, 0.25) is 0 Å². The second-order valence-corrected chi connectivity index (χ2v) is 5.12. The number of alkyl halides is 3. The van der Waals surface area contributed by atoms with Crippen molar-refractivity contribution in [3.63, 3.8) is 0 Å². The Kier molecular flexibility index (Phi) is 4.52. The van der Waals surface area contributed by atoms with Gasteiger partial charge in [0.05, 0.1) is 5.56 Å². The highest BCUT2D eigenvalue weighted by Gasteiger charge is 2.30. The molecule has 0 bridgehead atoms. The second kappa shape index (κ2) is 6.17. The van der Waals surface area contributed by atoms with Crippen molar-refractivity contribution >= 4 is 17.3 Å². The molecule has 0 aliphatic heterocycles. The van der Waals surface area contributed by atoms with Gasteiger partial charge < -0.3 is 4.57 Å². The fourth-order valence-corrected chi connectivity index (χ4v) is 2.21. The molecule has 0 unspecified atom stereocenters. The molecular weight excluding hydrogens is 299 g/mol. The van der Waals surface area contributed by atoms with Gasteiger partial charge in [-0.3, -0.25) is 0 Å². The fraction of sp³-hybridized carbons (Fsp3) is 0.143. The summed E-state index contributed by atoms with van der Waals surface area (Å²) in [5.74, 6) is 0. The monoisotopic (exact) mass is 311 g/mol. The van der Waals surface area contributed by atoms with Crippen molar-refractivity contribution in [3.8, 4) is 0 Å². The Morgan fingerprint density at radius 1 is 1.38 bits per heavy atom. The van der Waals surface area contributed by atoms with Gasteiger partial charge in [-0.2, -0.15) is 13.2 Å². The van der Waals surface area contributed by atoms with Gasteiger partial charge in [0.1, 0.15) is 6.33 Å². The smallest absolute Gasteiger partial charge is 0.312 e. The highest BCUT2D eigenvalue weighted by Crippen LogP contribution is 2.31. The van der Waals surface area contributed by atoms with Crippen molar-refractivity contribution in [2.45, 2.75) is 11.3 Å². The molecule has 1 aromatic heterocycles. The number of allylic oxidation sites excluding steroid dienone is 2. The Bertz CT molecular complexity index is 674. The molecule has 2 rings (SSSR count). The molecule has 21 heavy (non-hydrogen) atoms. The Balaban J connectivity index is 2.08. The summed E-state index contributed by atoms with van der Waals surface area (Å²) in [6, 6.07) is 5.08. The maximum Gasteiger partial charge on any atom is 0.416 e. The van der Waals surface area contributed by atoms with Crippen molar-refractivity contribution in [2.75, 3.05) is 0 Å². The van der Waals surface area contributed by atoms with E-state index in [-0.39, 0.29) is 0 Å². The summed E-state index contributed by atoms with van der Waals surface area (Å²) in [6.45, 7) is 3.78. The maximum absolute atomic E-state index is 12.6. The van der Waals surface area contributed by atoms with E-state index in [4.69, 9.17) is 0 Å². The van der Waals surface area contributed by atoms with Crippen LogP contribution in [0.4, 0.5) is 13.2 Å². The lowest BCUT2D eigenvalue weighted by Crippen LogP contribution is -2.04. The topological polar surface area (TPSA) is 30.7 Å². The third-order valence-electron chi connectivity index (χ3n) is 2.67. The second-order valence-electron chi connectivity index (χ2n) is 4.25. The van der Waals surface area contributed by atoms with Crippen LogP contribution in [-0.2, 0) is 13.2 Å². The maximum atomic E-state index is 12.6. The quantitative estimate of drug-likeness (QED) is 0.627. The molecule has 0 saturated heterocycles. The van der Waals surface area contributed by atoms with Crippen molar-refractivity contribution in [3.05, 3.63) is 59.8 Å². The molecule has 0 N–H and O–H groups in total. The molecule has 1 heterocycles. The van der Waals surface area contributed by atoms with E-state index >= 15 is 0 Å². The molecule has 0 spiro atoms. The fourth-order valence-electron chi connectivity index (χ4n) is 1.55. The van der Waals surface area contributed by atoms with Gasteiger partial charge in [-0.25, -0.2) is 0 Å². The number of hydrogen-bond acceptors (Lipinski definition) is 3. The zero-order chi connectivity index (χ0) is 15.5. The summed E-state index contributed by atoms with van der Waals surface area (Å²) in [5.41, 5.74) is 0.242. The van der Waals surface area contributed by atoms with E-state index in [2.05, 4.69) is 16.8 Å². The van der Waals surface area contributed by atoms with Crippen LogP contribution in [0.3, 0.4) is 0 Å². The summed E-state index contributed by atoms with van der Waals surface area (Å²) >= 11 is 1.31. The molecular formula is C14H12F3N3S. The molecule has 110 valence electrons. The van der Waals surface area contributed by atoms with E-state index in [0.717, 1.165) is 12.1 Å². The summed E-state index contributed by atoms with van der Waals surface area (Å²) in [7, 11) is 1.80. The van der Waals surface area contributed by atoms with Crippen LogP contribution in [0.25, 0.3) is 5.57 Å². The van der Waals surface area contributed by atoms with E-state index in [1.54, 1.807) is 35.5 Å². The van der Waals surface area contributed by atoms with E-state index < -0.39 is 11.7 Å².